The molecule has 0 aliphatic carbocycles. The number of primary amides is 1. The van der Waals surface area contributed by atoms with Crippen molar-refractivity contribution in [2.75, 3.05) is 13.6 Å². The Kier molecular flexibility index (Phi) is 7.80. The van der Waals surface area contributed by atoms with E-state index in [1.807, 2.05) is 48.9 Å². The number of carbonyl (C=O) groups excluding carboxylic acids is 2. The van der Waals surface area contributed by atoms with Gasteiger partial charge in [0.15, 0.2) is 5.96 Å². The van der Waals surface area contributed by atoms with Crippen molar-refractivity contribution in [2.24, 2.45) is 10.7 Å². The fraction of sp³-hybridized carbons (Fsp3) is 0.250. The molecule has 3 aromatic rings. The van der Waals surface area contributed by atoms with Crippen LogP contribution in [-0.2, 0) is 17.9 Å². The molecule has 0 spiro atoms. The van der Waals surface area contributed by atoms with Gasteiger partial charge in [-0.25, -0.2) is 4.68 Å². The van der Waals surface area contributed by atoms with Crippen LogP contribution < -0.4 is 21.7 Å². The number of amides is 2. The van der Waals surface area contributed by atoms with Crippen LogP contribution in [-0.4, -0.2) is 41.1 Å². The Labute approximate surface area is 193 Å². The Morgan fingerprint density at radius 3 is 2.33 bits per heavy atom. The van der Waals surface area contributed by atoms with E-state index in [9.17, 15) is 9.59 Å². The molecule has 5 N–H and O–H groups in total. The van der Waals surface area contributed by atoms with Crippen molar-refractivity contribution >= 4 is 17.8 Å². The van der Waals surface area contributed by atoms with Gasteiger partial charge in [-0.05, 0) is 49.2 Å². The van der Waals surface area contributed by atoms with Crippen molar-refractivity contribution in [3.63, 3.8) is 0 Å². The fourth-order valence-corrected chi connectivity index (χ4v) is 3.37. The highest BCUT2D eigenvalue weighted by molar-refractivity contribution is 5.96. The zero-order valence-corrected chi connectivity index (χ0v) is 19.1. The summed E-state index contributed by atoms with van der Waals surface area (Å²) in [5.74, 6) is -0.269. The second-order valence-corrected chi connectivity index (χ2v) is 7.59. The third-order valence-corrected chi connectivity index (χ3v) is 5.00. The molecule has 0 atom stereocenters. The predicted molar refractivity (Wildman–Crippen MR) is 128 cm³/mol. The molecule has 0 saturated carbocycles. The minimum Gasteiger partial charge on any atom is -0.368 e. The monoisotopic (exact) mass is 447 g/mol. The number of benzene rings is 2. The van der Waals surface area contributed by atoms with Crippen molar-refractivity contribution in [1.82, 2.24) is 25.7 Å². The van der Waals surface area contributed by atoms with Gasteiger partial charge in [0.25, 0.3) is 5.91 Å². The molecule has 2 aromatic carbocycles. The molecule has 0 saturated heterocycles. The number of hydrogen-bond acceptors (Lipinski definition) is 4. The summed E-state index contributed by atoms with van der Waals surface area (Å²) in [5, 5.41) is 13.7. The summed E-state index contributed by atoms with van der Waals surface area (Å²) < 4.78 is 1.95. The van der Waals surface area contributed by atoms with Crippen LogP contribution in [0, 0.1) is 13.8 Å². The number of hydrogen-bond donors (Lipinski definition) is 4. The number of carbonyl (C=O) groups is 2. The molecule has 33 heavy (non-hydrogen) atoms. The molecule has 2 amide bonds. The van der Waals surface area contributed by atoms with Crippen LogP contribution in [0.5, 0.6) is 0 Å². The van der Waals surface area contributed by atoms with E-state index in [4.69, 9.17) is 5.73 Å². The van der Waals surface area contributed by atoms with Crippen LogP contribution in [0.3, 0.4) is 0 Å². The number of nitrogens with one attached hydrogen (secondary N) is 3. The lowest BCUT2D eigenvalue weighted by molar-refractivity contribution is -0.117. The van der Waals surface area contributed by atoms with Crippen molar-refractivity contribution < 1.29 is 9.59 Å². The highest BCUT2D eigenvalue weighted by Crippen LogP contribution is 2.17. The normalized spacial score (nSPS) is 11.2. The fourth-order valence-electron chi connectivity index (χ4n) is 3.37. The van der Waals surface area contributed by atoms with Crippen LogP contribution >= 0.6 is 0 Å². The summed E-state index contributed by atoms with van der Waals surface area (Å²) in [4.78, 5) is 27.1. The second-order valence-electron chi connectivity index (χ2n) is 7.59. The van der Waals surface area contributed by atoms with Gasteiger partial charge in [0, 0.05) is 31.4 Å². The molecular weight excluding hydrogens is 418 g/mol. The quantitative estimate of drug-likeness (QED) is 0.308. The number of nitrogens with zero attached hydrogens (tertiary/aromatic N) is 3. The van der Waals surface area contributed by atoms with Crippen molar-refractivity contribution in [3.8, 4) is 5.69 Å². The van der Waals surface area contributed by atoms with E-state index in [0.717, 1.165) is 28.2 Å². The van der Waals surface area contributed by atoms with E-state index >= 15 is 0 Å². The zero-order chi connectivity index (χ0) is 23.8. The third-order valence-electron chi connectivity index (χ3n) is 5.00. The minimum atomic E-state index is -0.583. The van der Waals surface area contributed by atoms with E-state index in [-0.39, 0.29) is 12.5 Å². The smallest absolute Gasteiger partial charge is 0.251 e. The average molecular weight is 448 g/mol. The van der Waals surface area contributed by atoms with Crippen molar-refractivity contribution in [3.05, 3.63) is 82.7 Å². The molecule has 1 heterocycles. The Hall–Kier alpha value is -4.14. The lowest BCUT2D eigenvalue weighted by Gasteiger charge is -2.15. The van der Waals surface area contributed by atoms with Gasteiger partial charge < -0.3 is 21.7 Å². The number of nitrogens with two attached hydrogens (primary N) is 1. The first-order chi connectivity index (χ1) is 15.9. The van der Waals surface area contributed by atoms with Gasteiger partial charge in [-0.2, -0.15) is 5.10 Å². The van der Waals surface area contributed by atoms with E-state index < -0.39 is 5.91 Å². The SMILES string of the molecule is CN=C(NCc1ccc(C(=O)NCC(N)=O)cc1)NCc1ccccc1-n1nc(C)cc1C. The Morgan fingerprint density at radius 1 is 1.00 bits per heavy atom. The molecule has 0 unspecified atom stereocenters. The Morgan fingerprint density at radius 2 is 1.70 bits per heavy atom. The number of aliphatic imine (C=N–C) groups is 1. The largest absolute Gasteiger partial charge is 0.368 e. The molecule has 1 aromatic heterocycles. The molecule has 0 aliphatic rings. The Balaban J connectivity index is 1.58. The molecule has 0 aliphatic heterocycles. The van der Waals surface area contributed by atoms with Crippen LogP contribution in [0.4, 0.5) is 0 Å². The van der Waals surface area contributed by atoms with E-state index in [0.29, 0.717) is 24.6 Å². The van der Waals surface area contributed by atoms with Gasteiger partial charge >= 0.3 is 0 Å². The second kappa shape index (κ2) is 10.9. The van der Waals surface area contributed by atoms with Crippen LogP contribution in [0.25, 0.3) is 5.69 Å². The van der Waals surface area contributed by atoms with Crippen LogP contribution in [0.2, 0.25) is 0 Å². The molecule has 0 radical (unpaired) electrons. The minimum absolute atomic E-state index is 0.188. The summed E-state index contributed by atoms with van der Waals surface area (Å²) in [6.45, 7) is 4.94. The Bertz CT molecular complexity index is 1150. The highest BCUT2D eigenvalue weighted by Gasteiger charge is 2.10. The average Bonchev–Trinajstić information content (AvgIpc) is 3.15. The number of guanidine groups is 1. The molecule has 9 nitrogen and oxygen atoms in total. The molecule has 172 valence electrons. The summed E-state index contributed by atoms with van der Waals surface area (Å²) in [6, 6.07) is 17.3. The number of aromatic nitrogens is 2. The zero-order valence-electron chi connectivity index (χ0n) is 19.1. The first kappa shape index (κ1) is 23.5. The van der Waals surface area contributed by atoms with E-state index in [1.54, 1.807) is 19.2 Å². The molecule has 0 fully saturated rings. The van der Waals surface area contributed by atoms with Crippen LogP contribution in [0.1, 0.15) is 32.9 Å². The first-order valence-corrected chi connectivity index (χ1v) is 10.6. The maximum absolute atomic E-state index is 12.0. The maximum atomic E-state index is 12.0. The third kappa shape index (κ3) is 6.42. The van der Waals surface area contributed by atoms with Gasteiger partial charge in [0.2, 0.25) is 5.91 Å². The first-order valence-electron chi connectivity index (χ1n) is 10.6. The van der Waals surface area contributed by atoms with Crippen molar-refractivity contribution in [1.29, 1.82) is 0 Å². The van der Waals surface area contributed by atoms with Gasteiger partial charge in [-0.3, -0.25) is 14.6 Å². The molecular formula is C24H29N7O2. The number of para-hydroxylation sites is 1. The predicted octanol–water partition coefficient (Wildman–Crippen LogP) is 1.57. The van der Waals surface area contributed by atoms with Gasteiger partial charge in [-0.15, -0.1) is 0 Å². The topological polar surface area (TPSA) is 126 Å². The summed E-state index contributed by atoms with van der Waals surface area (Å²) in [6.07, 6.45) is 0. The lowest BCUT2D eigenvalue weighted by Crippen LogP contribution is -2.36. The number of rotatable bonds is 8. The van der Waals surface area contributed by atoms with Crippen molar-refractivity contribution in [2.45, 2.75) is 26.9 Å². The maximum Gasteiger partial charge on any atom is 0.251 e. The highest BCUT2D eigenvalue weighted by atomic mass is 16.2. The standard InChI is InChI=1S/C24H29N7O2/c1-16-12-17(2)31(30-16)21-7-5-4-6-20(21)14-29-24(26-3)28-13-18-8-10-19(11-9-18)23(33)27-15-22(25)32/h4-12H,13-15H2,1-3H3,(H2,25,32)(H,27,33)(H2,26,28,29). The lowest BCUT2D eigenvalue weighted by atomic mass is 10.1. The van der Waals surface area contributed by atoms with Gasteiger partial charge in [-0.1, -0.05) is 30.3 Å². The molecule has 0 bridgehead atoms. The molecule has 3 rings (SSSR count). The summed E-state index contributed by atoms with van der Waals surface area (Å²) >= 11 is 0. The summed E-state index contributed by atoms with van der Waals surface area (Å²) in [7, 11) is 1.72. The van der Waals surface area contributed by atoms with Gasteiger partial charge in [0.05, 0.1) is 17.9 Å². The van der Waals surface area contributed by atoms with Crippen LogP contribution in [0.15, 0.2) is 59.6 Å². The van der Waals surface area contributed by atoms with E-state index in [2.05, 4.69) is 38.2 Å². The van der Waals surface area contributed by atoms with Gasteiger partial charge in [0.1, 0.15) is 0 Å². The van der Waals surface area contributed by atoms with E-state index in [1.165, 1.54) is 0 Å². The molecule has 9 heteroatoms. The number of aryl methyl sites for hydroxylation is 2. The summed E-state index contributed by atoms with van der Waals surface area (Å²) in [5.41, 5.74) is 10.7.